The molecule has 18 heavy (non-hydrogen) atoms. The van der Waals surface area contributed by atoms with Gasteiger partial charge in [-0.2, -0.15) is 0 Å². The Morgan fingerprint density at radius 2 is 2.22 bits per heavy atom. The van der Waals surface area contributed by atoms with E-state index in [1.807, 2.05) is 13.0 Å². The van der Waals surface area contributed by atoms with Crippen LogP contribution in [0.5, 0.6) is 0 Å². The minimum absolute atomic E-state index is 0.0248. The minimum atomic E-state index is -0.335. The van der Waals surface area contributed by atoms with Gasteiger partial charge in [-0.3, -0.25) is 9.59 Å². The highest BCUT2D eigenvalue weighted by Crippen LogP contribution is 2.22. The second kappa shape index (κ2) is 7.35. The first-order valence-corrected chi connectivity index (χ1v) is 6.75. The van der Waals surface area contributed by atoms with E-state index in [0.717, 1.165) is 4.88 Å². The number of thiophene rings is 1. The van der Waals surface area contributed by atoms with Crippen LogP contribution < -0.4 is 11.1 Å². The number of rotatable bonds is 6. The Bertz CT molecular complexity index is 422. The monoisotopic (exact) mass is 289 g/mol. The molecule has 0 unspecified atom stereocenters. The summed E-state index contributed by atoms with van der Waals surface area (Å²) in [6.45, 7) is 2.83. The molecule has 0 aliphatic carbocycles. The largest absolute Gasteiger partial charge is 0.346 e. The fourth-order valence-corrected chi connectivity index (χ4v) is 2.46. The molecule has 0 bridgehead atoms. The lowest BCUT2D eigenvalue weighted by molar-refractivity contribution is -0.132. The summed E-state index contributed by atoms with van der Waals surface area (Å²) in [6, 6.07) is 3.69. The topological polar surface area (TPSA) is 75.4 Å². The van der Waals surface area contributed by atoms with E-state index in [4.69, 9.17) is 17.3 Å². The second-order valence-electron chi connectivity index (χ2n) is 3.59. The number of halogens is 1. The van der Waals surface area contributed by atoms with E-state index in [9.17, 15) is 9.59 Å². The van der Waals surface area contributed by atoms with Gasteiger partial charge in [0.2, 0.25) is 11.8 Å². The molecular formula is C11H16ClN3O2S. The lowest BCUT2D eigenvalue weighted by atomic mass is 10.4. The minimum Gasteiger partial charge on any atom is -0.346 e. The highest BCUT2D eigenvalue weighted by atomic mass is 35.5. The number of nitrogens with one attached hydrogen (secondary N) is 1. The molecule has 1 aromatic heterocycles. The van der Waals surface area contributed by atoms with Gasteiger partial charge in [0, 0.05) is 11.4 Å². The van der Waals surface area contributed by atoms with Crippen molar-refractivity contribution in [2.45, 2.75) is 13.5 Å². The molecule has 0 saturated heterocycles. The van der Waals surface area contributed by atoms with E-state index in [-0.39, 0.29) is 24.9 Å². The Kier molecular flexibility index (Phi) is 6.11. The summed E-state index contributed by atoms with van der Waals surface area (Å²) in [6.07, 6.45) is 0. The zero-order chi connectivity index (χ0) is 13.5. The maximum Gasteiger partial charge on any atom is 0.242 e. The summed E-state index contributed by atoms with van der Waals surface area (Å²) in [5, 5.41) is 2.46. The first-order valence-electron chi connectivity index (χ1n) is 5.55. The van der Waals surface area contributed by atoms with Gasteiger partial charge in [0.15, 0.2) is 0 Å². The van der Waals surface area contributed by atoms with Crippen molar-refractivity contribution in [3.8, 4) is 0 Å². The highest BCUT2D eigenvalue weighted by molar-refractivity contribution is 7.16. The molecule has 1 aromatic rings. The van der Waals surface area contributed by atoms with Crippen LogP contribution in [0.4, 0.5) is 0 Å². The van der Waals surface area contributed by atoms with Crippen LogP contribution in [-0.2, 0) is 16.1 Å². The average molecular weight is 290 g/mol. The maximum absolute atomic E-state index is 11.8. The van der Waals surface area contributed by atoms with Gasteiger partial charge in [-0.05, 0) is 19.1 Å². The summed E-state index contributed by atoms with van der Waals surface area (Å²) >= 11 is 7.27. The summed E-state index contributed by atoms with van der Waals surface area (Å²) in [4.78, 5) is 25.5. The SMILES string of the molecule is CCN(Cc1ccc(Cl)s1)C(=O)CNC(=O)CN. The molecular weight excluding hydrogens is 274 g/mol. The van der Waals surface area contributed by atoms with Crippen LogP contribution in [0, 0.1) is 0 Å². The van der Waals surface area contributed by atoms with Gasteiger partial charge >= 0.3 is 0 Å². The molecule has 1 rings (SSSR count). The van der Waals surface area contributed by atoms with Crippen LogP contribution in [-0.4, -0.2) is 36.3 Å². The molecule has 0 aromatic carbocycles. The van der Waals surface area contributed by atoms with Gasteiger partial charge in [-0.1, -0.05) is 11.6 Å². The van der Waals surface area contributed by atoms with Crippen LogP contribution in [0.2, 0.25) is 4.34 Å². The van der Waals surface area contributed by atoms with Crippen molar-refractivity contribution in [3.05, 3.63) is 21.3 Å². The van der Waals surface area contributed by atoms with Crippen LogP contribution >= 0.6 is 22.9 Å². The van der Waals surface area contributed by atoms with Crippen molar-refractivity contribution in [1.29, 1.82) is 0 Å². The number of carbonyl (C=O) groups is 2. The predicted octanol–water partition coefficient (Wildman–Crippen LogP) is 0.825. The van der Waals surface area contributed by atoms with E-state index in [1.54, 1.807) is 11.0 Å². The van der Waals surface area contributed by atoms with E-state index in [0.29, 0.717) is 17.4 Å². The molecule has 0 aliphatic heterocycles. The third kappa shape index (κ3) is 4.64. The predicted molar refractivity (Wildman–Crippen MR) is 72.5 cm³/mol. The number of likely N-dealkylation sites (N-methyl/N-ethyl adjacent to an activating group) is 1. The van der Waals surface area contributed by atoms with Crippen molar-refractivity contribution in [2.24, 2.45) is 5.73 Å². The number of hydrogen-bond acceptors (Lipinski definition) is 4. The van der Waals surface area contributed by atoms with E-state index < -0.39 is 0 Å². The quantitative estimate of drug-likeness (QED) is 0.814. The standard InChI is InChI=1S/C11H16ClN3O2S/c1-2-15(7-8-3-4-9(12)18-8)11(17)6-14-10(16)5-13/h3-4H,2,5-7,13H2,1H3,(H,14,16). The average Bonchev–Trinajstić information content (AvgIpc) is 2.78. The Hall–Kier alpha value is -1.11. The van der Waals surface area contributed by atoms with Crippen molar-refractivity contribution < 1.29 is 9.59 Å². The van der Waals surface area contributed by atoms with Gasteiger partial charge in [-0.25, -0.2) is 0 Å². The molecule has 0 radical (unpaired) electrons. The lowest BCUT2D eigenvalue weighted by Gasteiger charge is -2.20. The van der Waals surface area contributed by atoms with Crippen LogP contribution in [0.1, 0.15) is 11.8 Å². The second-order valence-corrected chi connectivity index (χ2v) is 5.39. The molecule has 5 nitrogen and oxygen atoms in total. The zero-order valence-corrected chi connectivity index (χ0v) is 11.7. The molecule has 2 amide bonds. The molecule has 3 N–H and O–H groups in total. The Balaban J connectivity index is 2.49. The summed E-state index contributed by atoms with van der Waals surface area (Å²) in [5.74, 6) is -0.470. The van der Waals surface area contributed by atoms with Crippen LogP contribution in [0.25, 0.3) is 0 Å². The first-order chi connectivity index (χ1) is 8.56. The van der Waals surface area contributed by atoms with Crippen LogP contribution in [0.3, 0.4) is 0 Å². The number of nitrogens with two attached hydrogens (primary N) is 1. The number of nitrogens with zero attached hydrogens (tertiary/aromatic N) is 1. The third-order valence-electron chi connectivity index (χ3n) is 2.33. The number of carbonyl (C=O) groups excluding carboxylic acids is 2. The maximum atomic E-state index is 11.8. The smallest absolute Gasteiger partial charge is 0.242 e. The van der Waals surface area contributed by atoms with E-state index in [1.165, 1.54) is 11.3 Å². The van der Waals surface area contributed by atoms with E-state index >= 15 is 0 Å². The fraction of sp³-hybridized carbons (Fsp3) is 0.455. The van der Waals surface area contributed by atoms with Crippen molar-refractivity contribution in [2.75, 3.05) is 19.6 Å². The van der Waals surface area contributed by atoms with Gasteiger partial charge in [0.25, 0.3) is 0 Å². The molecule has 7 heteroatoms. The molecule has 0 aliphatic rings. The summed E-state index contributed by atoms with van der Waals surface area (Å²) in [5.41, 5.74) is 5.14. The lowest BCUT2D eigenvalue weighted by Crippen LogP contribution is -2.41. The normalized spacial score (nSPS) is 10.2. The highest BCUT2D eigenvalue weighted by Gasteiger charge is 2.13. The Labute approximate surface area is 115 Å². The summed E-state index contributed by atoms with van der Waals surface area (Å²) < 4.78 is 0.699. The molecule has 0 spiro atoms. The van der Waals surface area contributed by atoms with Gasteiger partial charge in [0.05, 0.1) is 24.0 Å². The van der Waals surface area contributed by atoms with Crippen molar-refractivity contribution in [3.63, 3.8) is 0 Å². The van der Waals surface area contributed by atoms with Crippen molar-refractivity contribution >= 4 is 34.8 Å². The Morgan fingerprint density at radius 1 is 1.50 bits per heavy atom. The molecule has 1 heterocycles. The van der Waals surface area contributed by atoms with Gasteiger partial charge < -0.3 is 16.0 Å². The van der Waals surface area contributed by atoms with Crippen LogP contribution in [0.15, 0.2) is 12.1 Å². The first kappa shape index (κ1) is 14.9. The Morgan fingerprint density at radius 3 is 2.72 bits per heavy atom. The molecule has 0 saturated carbocycles. The summed E-state index contributed by atoms with van der Waals surface area (Å²) in [7, 11) is 0. The number of amides is 2. The number of hydrogen-bond donors (Lipinski definition) is 2. The third-order valence-corrected chi connectivity index (χ3v) is 3.55. The van der Waals surface area contributed by atoms with Gasteiger partial charge in [-0.15, -0.1) is 11.3 Å². The van der Waals surface area contributed by atoms with E-state index in [2.05, 4.69) is 5.32 Å². The fourth-order valence-electron chi connectivity index (χ4n) is 1.36. The van der Waals surface area contributed by atoms with Gasteiger partial charge in [0.1, 0.15) is 0 Å². The zero-order valence-electron chi connectivity index (χ0n) is 10.1. The van der Waals surface area contributed by atoms with Crippen molar-refractivity contribution in [1.82, 2.24) is 10.2 Å². The molecule has 0 fully saturated rings. The molecule has 0 atom stereocenters. The molecule has 100 valence electrons.